The number of fused-ring (bicyclic) bond motifs is 1. The van der Waals surface area contributed by atoms with E-state index in [-0.39, 0.29) is 28.3 Å². The highest BCUT2D eigenvalue weighted by Gasteiger charge is 2.32. The molecule has 1 aliphatic rings. The van der Waals surface area contributed by atoms with Crippen LogP contribution in [-0.4, -0.2) is 53.3 Å². The first kappa shape index (κ1) is 15.3. The lowest BCUT2D eigenvalue weighted by atomic mass is 9.92. The van der Waals surface area contributed by atoms with Crippen LogP contribution >= 0.6 is 11.6 Å². The summed E-state index contributed by atoms with van der Waals surface area (Å²) in [6.07, 6.45) is 0.467. The lowest BCUT2D eigenvalue weighted by Crippen LogP contribution is -2.51. The minimum atomic E-state index is -4.33. The molecule has 2 atom stereocenters. The summed E-state index contributed by atoms with van der Waals surface area (Å²) in [6, 6.07) is 12.2. The van der Waals surface area contributed by atoms with E-state index in [0.29, 0.717) is 5.56 Å². The van der Waals surface area contributed by atoms with E-state index in [1.165, 1.54) is 12.1 Å². The van der Waals surface area contributed by atoms with E-state index in [1.54, 1.807) is 49.4 Å². The van der Waals surface area contributed by atoms with Gasteiger partial charge in [-0.05, 0) is 61.1 Å². The monoisotopic (exact) mass is 533 g/mol. The van der Waals surface area contributed by atoms with Crippen LogP contribution < -0.4 is 4.90 Å². The molecule has 4 aromatic rings. The van der Waals surface area contributed by atoms with Crippen LogP contribution in [0.3, 0.4) is 0 Å². The Bertz CT molecular complexity index is 1870. The van der Waals surface area contributed by atoms with Crippen molar-refractivity contribution in [2.24, 2.45) is 5.89 Å². The van der Waals surface area contributed by atoms with Crippen LogP contribution in [0.2, 0.25) is 5.28 Å². The normalized spacial score (nSPS) is 29.3. The number of nitrogens with zero attached hydrogens (tertiary/aromatic N) is 5. The second kappa shape index (κ2) is 9.84. The molecule has 0 N–H and O–H groups in total. The maximum Gasteiger partial charge on any atom is 0.269 e. The van der Waals surface area contributed by atoms with Crippen LogP contribution in [0.1, 0.15) is 38.1 Å². The van der Waals surface area contributed by atoms with Crippen molar-refractivity contribution in [2.45, 2.75) is 37.7 Å². The Morgan fingerprint density at radius 2 is 1.94 bits per heavy atom. The quantitative estimate of drug-likeness (QED) is 0.326. The number of likely N-dealkylation sites (N-methyl/N-ethyl adjacent to an activating group) is 1. The summed E-state index contributed by atoms with van der Waals surface area (Å²) in [5.74, 6) is -3.76. The Kier molecular flexibility index (Phi) is 4.19. The zero-order chi connectivity index (χ0) is 34.1. The van der Waals surface area contributed by atoms with Crippen molar-refractivity contribution in [2.75, 3.05) is 24.9 Å². The number of piperidine rings is 1. The first-order valence-corrected chi connectivity index (χ1v) is 12.9. The number of anilines is 1. The Balaban J connectivity index is 1.78. The van der Waals surface area contributed by atoms with Gasteiger partial charge >= 0.3 is 0 Å². The van der Waals surface area contributed by atoms with Crippen LogP contribution in [0.25, 0.3) is 11.0 Å². The van der Waals surface area contributed by atoms with Crippen LogP contribution in [0, 0.1) is 12.8 Å². The van der Waals surface area contributed by atoms with Crippen molar-refractivity contribution >= 4 is 38.5 Å². The number of benzene rings is 2. The number of hydrogen-bond acceptors (Lipinski definition) is 6. The molecule has 2 unspecified atom stereocenters. The van der Waals surface area contributed by atoms with Gasteiger partial charge in [-0.25, -0.2) is 12.4 Å². The molecular formula is C27H30ClN5O2S. The van der Waals surface area contributed by atoms with E-state index >= 15 is 0 Å². The minimum absolute atomic E-state index is 0.121. The molecule has 7 nitrogen and oxygen atoms in total. The van der Waals surface area contributed by atoms with Crippen molar-refractivity contribution in [3.63, 3.8) is 0 Å². The van der Waals surface area contributed by atoms with Crippen LogP contribution in [0.4, 0.5) is 5.82 Å². The molecule has 1 fully saturated rings. The van der Waals surface area contributed by atoms with Gasteiger partial charge in [0, 0.05) is 44.6 Å². The standard InChI is InChI=1S/C27H30ClN5O2S/c1-19-9-11-22(12-10-19)36(34,35)33-16-14-23-25(29-27(28)30-26(23)33)31(3)24-18-32(15-13-20(24)2)17-21-7-5-4-6-8-21/h4-12,14,16,20,24H,13,15,17-18H2,1-3H3/i2D3,3D3,18D2,20D,24D. The largest absolute Gasteiger partial charge is 0.354 e. The SMILES string of the molecule is [2H]C([2H])([2H])N(c1nc(Cl)nc2c1ccn2S(=O)(=O)c1ccc(C)cc1)C1([2H])C([2H])([2H])N(Cc2ccccc2)CCC1([2H])C([2H])([2H])[2H]. The predicted molar refractivity (Wildman–Crippen MR) is 144 cm³/mol. The lowest BCUT2D eigenvalue weighted by molar-refractivity contribution is 0.159. The van der Waals surface area contributed by atoms with E-state index in [1.807, 2.05) is 0 Å². The molecule has 0 bridgehead atoms. The Hall–Kier alpha value is -2.94. The van der Waals surface area contributed by atoms with E-state index in [4.69, 9.17) is 19.8 Å². The van der Waals surface area contributed by atoms with Gasteiger partial charge in [-0.3, -0.25) is 4.90 Å². The van der Waals surface area contributed by atoms with Gasteiger partial charge in [-0.1, -0.05) is 54.9 Å². The van der Waals surface area contributed by atoms with Crippen molar-refractivity contribution < 1.29 is 22.1 Å². The molecular weight excluding hydrogens is 494 g/mol. The number of aryl methyl sites for hydroxylation is 1. The first-order valence-electron chi connectivity index (χ1n) is 16.1. The second-order valence-electron chi connectivity index (χ2n) is 8.41. The summed E-state index contributed by atoms with van der Waals surface area (Å²) in [6.45, 7) is -8.62. The summed E-state index contributed by atoms with van der Waals surface area (Å²) in [5, 5.41) is -0.923. The van der Waals surface area contributed by atoms with Gasteiger partial charge in [-0.2, -0.15) is 9.97 Å². The fourth-order valence-corrected chi connectivity index (χ4v) is 5.45. The van der Waals surface area contributed by atoms with Crippen molar-refractivity contribution in [3.05, 3.63) is 83.3 Å². The van der Waals surface area contributed by atoms with Crippen molar-refractivity contribution in [1.82, 2.24) is 18.8 Å². The predicted octanol–water partition coefficient (Wildman–Crippen LogP) is 4.98. The number of rotatable bonds is 6. The van der Waals surface area contributed by atoms with Gasteiger partial charge in [0.2, 0.25) is 5.28 Å². The molecule has 0 radical (unpaired) electrons. The highest BCUT2D eigenvalue weighted by Crippen LogP contribution is 2.32. The molecule has 36 heavy (non-hydrogen) atoms. The summed E-state index contributed by atoms with van der Waals surface area (Å²) < 4.78 is 116. The summed E-state index contributed by atoms with van der Waals surface area (Å²) in [7, 11) is -4.33. The number of aromatic nitrogens is 3. The summed E-state index contributed by atoms with van der Waals surface area (Å²) in [4.78, 5) is 9.24. The highest BCUT2D eigenvalue weighted by molar-refractivity contribution is 7.90. The lowest BCUT2D eigenvalue weighted by Gasteiger charge is -2.42. The third-order valence-corrected chi connectivity index (χ3v) is 7.72. The van der Waals surface area contributed by atoms with Crippen molar-refractivity contribution in [3.8, 4) is 0 Å². The average molecular weight is 534 g/mol. The van der Waals surface area contributed by atoms with E-state index < -0.39 is 65.4 Å². The molecule has 0 amide bonds. The third kappa shape index (κ3) is 4.73. The molecule has 0 spiro atoms. The van der Waals surface area contributed by atoms with Crippen LogP contribution in [-0.2, 0) is 16.6 Å². The van der Waals surface area contributed by atoms with Gasteiger partial charge in [0.05, 0.1) is 11.7 Å². The molecule has 9 heteroatoms. The summed E-state index contributed by atoms with van der Waals surface area (Å²) >= 11 is 6.25. The second-order valence-corrected chi connectivity index (χ2v) is 10.6. The summed E-state index contributed by atoms with van der Waals surface area (Å²) in [5.41, 5.74) is 1.01. The Morgan fingerprint density at radius 3 is 2.67 bits per heavy atom. The molecule has 1 aliphatic heterocycles. The molecule has 3 heterocycles. The zero-order valence-corrected chi connectivity index (χ0v) is 20.9. The average Bonchev–Trinajstić information content (AvgIpc) is 3.38. The van der Waals surface area contributed by atoms with Gasteiger partial charge in [-0.15, -0.1) is 0 Å². The van der Waals surface area contributed by atoms with Crippen LogP contribution in [0.15, 0.2) is 71.8 Å². The van der Waals surface area contributed by atoms with Gasteiger partial charge < -0.3 is 4.90 Å². The van der Waals surface area contributed by atoms with Gasteiger partial charge in [0.15, 0.2) is 5.65 Å². The fraction of sp³-hybridized carbons (Fsp3) is 0.333. The number of likely N-dealkylation sites (tertiary alicyclic amines) is 1. The number of hydrogen-bond donors (Lipinski definition) is 0. The number of halogens is 1. The van der Waals surface area contributed by atoms with E-state index in [9.17, 15) is 13.9 Å². The fourth-order valence-electron chi connectivity index (χ4n) is 3.99. The first-order chi connectivity index (χ1) is 21.2. The van der Waals surface area contributed by atoms with E-state index in [2.05, 4.69) is 9.97 Å². The van der Waals surface area contributed by atoms with Crippen molar-refractivity contribution in [1.29, 1.82) is 0 Å². The smallest absolute Gasteiger partial charge is 0.269 e. The molecule has 0 aliphatic carbocycles. The molecule has 2 aromatic heterocycles. The van der Waals surface area contributed by atoms with Gasteiger partial charge in [0.25, 0.3) is 10.0 Å². The topological polar surface area (TPSA) is 71.3 Å². The van der Waals surface area contributed by atoms with Crippen LogP contribution in [0.5, 0.6) is 0 Å². The zero-order valence-electron chi connectivity index (χ0n) is 29.3. The molecule has 2 aromatic carbocycles. The molecule has 5 rings (SSSR count). The minimum Gasteiger partial charge on any atom is -0.354 e. The Morgan fingerprint density at radius 1 is 1.17 bits per heavy atom. The maximum absolute atomic E-state index is 13.7. The Labute approximate surface area is 231 Å². The maximum atomic E-state index is 13.7. The van der Waals surface area contributed by atoms with E-state index in [0.717, 1.165) is 26.7 Å². The van der Waals surface area contributed by atoms with Gasteiger partial charge in [0.1, 0.15) is 5.82 Å². The third-order valence-electron chi connectivity index (χ3n) is 5.87. The molecule has 1 saturated heterocycles. The molecule has 0 saturated carbocycles. The highest BCUT2D eigenvalue weighted by atomic mass is 35.5. The molecule has 188 valence electrons.